The van der Waals surface area contributed by atoms with E-state index in [4.69, 9.17) is 13.9 Å². The first kappa shape index (κ1) is 17.0. The molecule has 8 heteroatoms. The van der Waals surface area contributed by atoms with Gasteiger partial charge in [-0.1, -0.05) is 35.6 Å². The molecule has 4 rings (SSSR count). The Morgan fingerprint density at radius 2 is 1.78 bits per heavy atom. The van der Waals surface area contributed by atoms with Gasteiger partial charge in [0.15, 0.2) is 16.3 Å². The first-order valence-corrected chi connectivity index (χ1v) is 8.86. The molecule has 0 amide bonds. The Morgan fingerprint density at radius 3 is 2.59 bits per heavy atom. The minimum absolute atomic E-state index is 0.348. The molecule has 1 N–H and O–H groups in total. The van der Waals surface area contributed by atoms with Crippen LogP contribution < -0.4 is 20.4 Å². The Kier molecular flexibility index (Phi) is 4.47. The van der Waals surface area contributed by atoms with Gasteiger partial charge in [-0.3, -0.25) is 0 Å². The highest BCUT2D eigenvalue weighted by atomic mass is 32.1. The molecule has 0 fully saturated rings. The maximum atomic E-state index is 12.4. The standard InChI is InChI=1S/C19H15N3O4S/c1-24-14-8-4-3-7-13(14)20-19-22-21-17(27-19)12-10-11-6-5-9-15(25-2)16(11)26-18(12)23/h3-10H,1-2H3,(H,20,22). The number of nitrogens with zero attached hydrogens (tertiary/aromatic N) is 2. The van der Waals surface area contributed by atoms with E-state index in [-0.39, 0.29) is 0 Å². The Labute approximate surface area is 158 Å². The van der Waals surface area contributed by atoms with E-state index in [9.17, 15) is 4.79 Å². The molecule has 0 unspecified atom stereocenters. The van der Waals surface area contributed by atoms with Gasteiger partial charge < -0.3 is 19.2 Å². The number of nitrogens with one attached hydrogen (secondary N) is 1. The van der Waals surface area contributed by atoms with Crippen LogP contribution in [0.5, 0.6) is 11.5 Å². The summed E-state index contributed by atoms with van der Waals surface area (Å²) in [5, 5.41) is 13.1. The van der Waals surface area contributed by atoms with Gasteiger partial charge in [0.05, 0.1) is 25.5 Å². The molecule has 0 saturated carbocycles. The minimum atomic E-state index is -0.494. The van der Waals surface area contributed by atoms with Crippen LogP contribution in [0.15, 0.2) is 57.7 Å². The smallest absolute Gasteiger partial charge is 0.346 e. The summed E-state index contributed by atoms with van der Waals surface area (Å²) in [6.07, 6.45) is 0. The molecule has 136 valence electrons. The van der Waals surface area contributed by atoms with Crippen LogP contribution in [-0.2, 0) is 0 Å². The van der Waals surface area contributed by atoms with E-state index >= 15 is 0 Å². The maximum absolute atomic E-state index is 12.4. The largest absolute Gasteiger partial charge is 0.495 e. The third-order valence-electron chi connectivity index (χ3n) is 3.95. The number of anilines is 2. The minimum Gasteiger partial charge on any atom is -0.495 e. The van der Waals surface area contributed by atoms with Gasteiger partial charge in [-0.2, -0.15) is 0 Å². The van der Waals surface area contributed by atoms with Crippen molar-refractivity contribution in [2.45, 2.75) is 0 Å². The first-order chi connectivity index (χ1) is 13.2. The maximum Gasteiger partial charge on any atom is 0.346 e. The van der Waals surface area contributed by atoms with Crippen LogP contribution in [-0.4, -0.2) is 24.4 Å². The summed E-state index contributed by atoms with van der Waals surface area (Å²) < 4.78 is 16.0. The average Bonchev–Trinajstić information content (AvgIpc) is 3.15. The Balaban J connectivity index is 1.71. The molecule has 0 bridgehead atoms. The molecule has 2 aromatic heterocycles. The number of ether oxygens (including phenoxy) is 2. The Morgan fingerprint density at radius 1 is 1.00 bits per heavy atom. The molecule has 0 aliphatic heterocycles. The highest BCUT2D eigenvalue weighted by Crippen LogP contribution is 2.32. The Hall–Kier alpha value is -3.39. The molecule has 0 aliphatic rings. The van der Waals surface area contributed by atoms with E-state index in [0.717, 1.165) is 11.1 Å². The lowest BCUT2D eigenvalue weighted by Crippen LogP contribution is -2.03. The summed E-state index contributed by atoms with van der Waals surface area (Å²) in [7, 11) is 3.13. The third-order valence-corrected chi connectivity index (χ3v) is 4.82. The zero-order valence-corrected chi connectivity index (χ0v) is 15.4. The van der Waals surface area contributed by atoms with Crippen molar-refractivity contribution < 1.29 is 13.9 Å². The molecule has 27 heavy (non-hydrogen) atoms. The van der Waals surface area contributed by atoms with E-state index in [1.165, 1.54) is 18.4 Å². The van der Waals surface area contributed by atoms with Gasteiger partial charge in [-0.15, -0.1) is 10.2 Å². The number of aromatic nitrogens is 2. The lowest BCUT2D eigenvalue weighted by Gasteiger charge is -2.07. The fourth-order valence-corrected chi connectivity index (χ4v) is 3.43. The van der Waals surface area contributed by atoms with Gasteiger partial charge in [0, 0.05) is 5.39 Å². The number of hydrogen-bond donors (Lipinski definition) is 1. The van der Waals surface area contributed by atoms with Crippen LogP contribution in [0.3, 0.4) is 0 Å². The van der Waals surface area contributed by atoms with Crippen LogP contribution in [0, 0.1) is 0 Å². The molecule has 0 radical (unpaired) electrons. The predicted molar refractivity (Wildman–Crippen MR) is 104 cm³/mol. The van der Waals surface area contributed by atoms with Crippen LogP contribution in [0.25, 0.3) is 21.5 Å². The molecule has 0 spiro atoms. The molecular formula is C19H15N3O4S. The number of fused-ring (bicyclic) bond motifs is 1. The Bertz CT molecular complexity index is 1170. The number of hydrogen-bond acceptors (Lipinski definition) is 8. The second kappa shape index (κ2) is 7.08. The zero-order valence-electron chi connectivity index (χ0n) is 14.6. The van der Waals surface area contributed by atoms with Gasteiger partial charge in [-0.25, -0.2) is 4.79 Å². The van der Waals surface area contributed by atoms with E-state index in [2.05, 4.69) is 15.5 Å². The van der Waals surface area contributed by atoms with Crippen LogP contribution in [0.4, 0.5) is 10.8 Å². The van der Waals surface area contributed by atoms with Gasteiger partial charge in [-0.05, 0) is 24.3 Å². The van der Waals surface area contributed by atoms with E-state index in [1.54, 1.807) is 19.2 Å². The highest BCUT2D eigenvalue weighted by Gasteiger charge is 2.15. The number of para-hydroxylation sites is 3. The monoisotopic (exact) mass is 381 g/mol. The summed E-state index contributed by atoms with van der Waals surface area (Å²) in [4.78, 5) is 12.4. The molecule has 0 atom stereocenters. The molecule has 0 aliphatic carbocycles. The molecule has 2 heterocycles. The average molecular weight is 381 g/mol. The molecule has 0 saturated heterocycles. The van der Waals surface area contributed by atoms with Gasteiger partial charge in [0.25, 0.3) is 0 Å². The first-order valence-electron chi connectivity index (χ1n) is 8.04. The van der Waals surface area contributed by atoms with Gasteiger partial charge >= 0.3 is 5.63 Å². The lowest BCUT2D eigenvalue weighted by molar-refractivity contribution is 0.407. The highest BCUT2D eigenvalue weighted by molar-refractivity contribution is 7.18. The summed E-state index contributed by atoms with van der Waals surface area (Å²) in [6.45, 7) is 0. The summed E-state index contributed by atoms with van der Waals surface area (Å²) in [5.41, 5.74) is 1.02. The van der Waals surface area contributed by atoms with Crippen molar-refractivity contribution in [1.82, 2.24) is 10.2 Å². The molecular weight excluding hydrogens is 366 g/mol. The topological polar surface area (TPSA) is 86.5 Å². The van der Waals surface area contributed by atoms with Crippen molar-refractivity contribution >= 4 is 33.1 Å². The van der Waals surface area contributed by atoms with Crippen LogP contribution in [0.2, 0.25) is 0 Å². The van der Waals surface area contributed by atoms with E-state index in [1.807, 2.05) is 36.4 Å². The van der Waals surface area contributed by atoms with Crippen LogP contribution in [0.1, 0.15) is 0 Å². The van der Waals surface area contributed by atoms with Gasteiger partial charge in [0.2, 0.25) is 5.13 Å². The van der Waals surface area contributed by atoms with Crippen LogP contribution >= 0.6 is 11.3 Å². The van der Waals surface area contributed by atoms with Crippen molar-refractivity contribution in [2.24, 2.45) is 0 Å². The number of rotatable bonds is 5. The summed E-state index contributed by atoms with van der Waals surface area (Å²) in [6, 6.07) is 14.6. The second-order valence-corrected chi connectivity index (χ2v) is 6.54. The van der Waals surface area contributed by atoms with Crippen molar-refractivity contribution in [2.75, 3.05) is 19.5 Å². The second-order valence-electron chi connectivity index (χ2n) is 5.56. The fourth-order valence-electron chi connectivity index (χ4n) is 2.67. The van der Waals surface area contributed by atoms with Crippen molar-refractivity contribution in [3.05, 3.63) is 59.0 Å². The number of benzene rings is 2. The van der Waals surface area contributed by atoms with E-state index in [0.29, 0.717) is 32.8 Å². The molecule has 4 aromatic rings. The molecule has 2 aromatic carbocycles. The quantitative estimate of drug-likeness (QED) is 0.521. The normalized spacial score (nSPS) is 10.7. The lowest BCUT2D eigenvalue weighted by atomic mass is 10.2. The third kappa shape index (κ3) is 3.22. The summed E-state index contributed by atoms with van der Waals surface area (Å²) in [5.74, 6) is 1.19. The summed E-state index contributed by atoms with van der Waals surface area (Å²) >= 11 is 1.25. The zero-order chi connectivity index (χ0) is 18.8. The van der Waals surface area contributed by atoms with Crippen molar-refractivity contribution in [3.8, 4) is 22.1 Å². The van der Waals surface area contributed by atoms with Crippen molar-refractivity contribution in [3.63, 3.8) is 0 Å². The van der Waals surface area contributed by atoms with Gasteiger partial charge in [0.1, 0.15) is 5.75 Å². The molecule has 7 nitrogen and oxygen atoms in total. The fraction of sp³-hybridized carbons (Fsp3) is 0.105. The number of methoxy groups -OCH3 is 2. The predicted octanol–water partition coefficient (Wildman–Crippen LogP) is 4.07. The van der Waals surface area contributed by atoms with E-state index < -0.39 is 5.63 Å². The SMILES string of the molecule is COc1ccccc1Nc1nnc(-c2cc3cccc(OC)c3oc2=O)s1. The van der Waals surface area contributed by atoms with Crippen molar-refractivity contribution in [1.29, 1.82) is 0 Å².